The number of benzene rings is 1. The number of nitrogens with one attached hydrogen (secondary N) is 1. The van der Waals surface area contributed by atoms with E-state index in [1.54, 1.807) is 11.0 Å². The maximum atomic E-state index is 12.3. The lowest BCUT2D eigenvalue weighted by Gasteiger charge is -2.39. The van der Waals surface area contributed by atoms with Crippen LogP contribution < -0.4 is 5.32 Å². The van der Waals surface area contributed by atoms with E-state index >= 15 is 0 Å². The Hall–Kier alpha value is -1.75. The van der Waals surface area contributed by atoms with Gasteiger partial charge in [0.2, 0.25) is 5.91 Å². The van der Waals surface area contributed by atoms with E-state index in [2.05, 4.69) is 5.32 Å². The minimum Gasteiger partial charge on any atom is -0.508 e. The highest BCUT2D eigenvalue weighted by molar-refractivity contribution is 6.31. The van der Waals surface area contributed by atoms with Gasteiger partial charge in [0.15, 0.2) is 0 Å². The van der Waals surface area contributed by atoms with Crippen LogP contribution in [0.15, 0.2) is 18.2 Å². The molecule has 2 saturated carbocycles. The van der Waals surface area contributed by atoms with Crippen molar-refractivity contribution in [1.29, 1.82) is 0 Å². The van der Waals surface area contributed by atoms with E-state index in [9.17, 15) is 14.7 Å². The quantitative estimate of drug-likeness (QED) is 0.885. The molecule has 6 heteroatoms. The second-order valence-corrected chi connectivity index (χ2v) is 7.39. The van der Waals surface area contributed by atoms with Gasteiger partial charge in [0.1, 0.15) is 5.75 Å². The SMILES string of the molecule is O=C(NC1CN(C(=O)c2cc(O)cc(Cl)c2)C1)[C@@H]1C[C@H]1C1CC1. The van der Waals surface area contributed by atoms with Crippen LogP contribution in [0.1, 0.15) is 29.6 Å². The molecular weight excluding hydrogens is 316 g/mol. The largest absolute Gasteiger partial charge is 0.508 e. The normalized spacial score (nSPS) is 26.6. The van der Waals surface area contributed by atoms with Crippen molar-refractivity contribution in [3.8, 4) is 5.75 Å². The lowest BCUT2D eigenvalue weighted by molar-refractivity contribution is -0.124. The number of amides is 2. The van der Waals surface area contributed by atoms with Crippen LogP contribution in [0.5, 0.6) is 5.75 Å². The first-order valence-corrected chi connectivity index (χ1v) is 8.48. The van der Waals surface area contributed by atoms with Crippen molar-refractivity contribution in [1.82, 2.24) is 10.2 Å². The third kappa shape index (κ3) is 3.02. The predicted molar refractivity (Wildman–Crippen MR) is 85.3 cm³/mol. The molecule has 2 amide bonds. The zero-order valence-corrected chi connectivity index (χ0v) is 13.4. The van der Waals surface area contributed by atoms with Gasteiger partial charge in [-0.2, -0.15) is 0 Å². The summed E-state index contributed by atoms with van der Waals surface area (Å²) in [5, 5.41) is 12.9. The number of phenolic OH excluding ortho intramolecular Hbond substituents is 1. The number of carbonyl (C=O) groups is 2. The summed E-state index contributed by atoms with van der Waals surface area (Å²) in [4.78, 5) is 26.1. The highest BCUT2D eigenvalue weighted by Gasteiger charge is 2.51. The highest BCUT2D eigenvalue weighted by Crippen LogP contribution is 2.54. The Morgan fingerprint density at radius 2 is 1.96 bits per heavy atom. The van der Waals surface area contributed by atoms with Crippen molar-refractivity contribution in [2.75, 3.05) is 13.1 Å². The Kier molecular flexibility index (Phi) is 3.48. The molecule has 0 bridgehead atoms. The molecule has 0 radical (unpaired) electrons. The topological polar surface area (TPSA) is 69.6 Å². The number of phenols is 1. The molecule has 0 aromatic heterocycles. The molecule has 1 saturated heterocycles. The van der Waals surface area contributed by atoms with Crippen LogP contribution in [-0.2, 0) is 4.79 Å². The van der Waals surface area contributed by atoms with Gasteiger partial charge in [-0.15, -0.1) is 0 Å². The molecule has 122 valence electrons. The van der Waals surface area contributed by atoms with Crippen molar-refractivity contribution < 1.29 is 14.7 Å². The molecule has 4 rings (SSSR count). The number of halogens is 1. The monoisotopic (exact) mass is 334 g/mol. The standard InChI is InChI=1S/C17H19ClN2O3/c18-11-3-10(4-13(21)5-11)17(23)20-7-12(8-20)19-16(22)15-6-14(15)9-1-2-9/h3-5,9,12,14-15,21H,1-2,6-8H2,(H,19,22)/t14-,15+/m0/s1. The summed E-state index contributed by atoms with van der Waals surface area (Å²) in [6.45, 7) is 1.03. The second-order valence-electron chi connectivity index (χ2n) is 6.96. The molecule has 2 N–H and O–H groups in total. The summed E-state index contributed by atoms with van der Waals surface area (Å²) < 4.78 is 0. The van der Waals surface area contributed by atoms with Gasteiger partial charge in [0.05, 0.1) is 6.04 Å². The Bertz CT molecular complexity index is 648. The van der Waals surface area contributed by atoms with E-state index in [1.165, 1.54) is 25.0 Å². The van der Waals surface area contributed by atoms with Crippen LogP contribution in [0.4, 0.5) is 0 Å². The predicted octanol–water partition coefficient (Wildman–Crippen LogP) is 2.03. The maximum Gasteiger partial charge on any atom is 0.254 e. The number of nitrogens with zero attached hydrogens (tertiary/aromatic N) is 1. The fourth-order valence-corrected chi connectivity index (χ4v) is 3.71. The van der Waals surface area contributed by atoms with E-state index in [4.69, 9.17) is 11.6 Å². The van der Waals surface area contributed by atoms with Crippen LogP contribution in [-0.4, -0.2) is 41.0 Å². The van der Waals surface area contributed by atoms with E-state index in [-0.39, 0.29) is 29.5 Å². The molecule has 1 heterocycles. The summed E-state index contributed by atoms with van der Waals surface area (Å²) in [5.41, 5.74) is 0.371. The van der Waals surface area contributed by atoms with E-state index in [0.717, 1.165) is 12.3 Å². The summed E-state index contributed by atoms with van der Waals surface area (Å²) in [6.07, 6.45) is 3.60. The Morgan fingerprint density at radius 3 is 2.61 bits per heavy atom. The average molecular weight is 335 g/mol. The first kappa shape index (κ1) is 14.8. The van der Waals surface area contributed by atoms with Crippen LogP contribution in [0.2, 0.25) is 5.02 Å². The van der Waals surface area contributed by atoms with Gasteiger partial charge < -0.3 is 15.3 Å². The van der Waals surface area contributed by atoms with Gasteiger partial charge in [0.25, 0.3) is 5.91 Å². The van der Waals surface area contributed by atoms with Crippen molar-refractivity contribution >= 4 is 23.4 Å². The molecule has 2 aliphatic carbocycles. The summed E-state index contributed by atoms with van der Waals surface area (Å²) in [7, 11) is 0. The van der Waals surface area contributed by atoms with Crippen molar-refractivity contribution in [3.05, 3.63) is 28.8 Å². The number of hydrogen-bond acceptors (Lipinski definition) is 3. The first-order valence-electron chi connectivity index (χ1n) is 8.10. The smallest absolute Gasteiger partial charge is 0.254 e. The van der Waals surface area contributed by atoms with Crippen LogP contribution in [0.25, 0.3) is 0 Å². The zero-order valence-electron chi connectivity index (χ0n) is 12.7. The van der Waals surface area contributed by atoms with Gasteiger partial charge in [0, 0.05) is 29.6 Å². The number of carbonyl (C=O) groups excluding carboxylic acids is 2. The first-order chi connectivity index (χ1) is 11.0. The molecule has 2 atom stereocenters. The lowest BCUT2D eigenvalue weighted by atomic mass is 10.1. The third-order valence-electron chi connectivity index (χ3n) is 5.05. The minimum absolute atomic E-state index is 0.0222. The minimum atomic E-state index is -0.171. The van der Waals surface area contributed by atoms with Crippen LogP contribution >= 0.6 is 11.6 Å². The van der Waals surface area contributed by atoms with E-state index < -0.39 is 0 Å². The Balaban J connectivity index is 1.27. The third-order valence-corrected chi connectivity index (χ3v) is 5.27. The van der Waals surface area contributed by atoms with Crippen molar-refractivity contribution in [2.45, 2.75) is 25.3 Å². The summed E-state index contributed by atoms with van der Waals surface area (Å²) >= 11 is 5.86. The fraction of sp³-hybridized carbons (Fsp3) is 0.529. The maximum absolute atomic E-state index is 12.3. The van der Waals surface area contributed by atoms with Crippen LogP contribution in [0, 0.1) is 17.8 Å². The second kappa shape index (κ2) is 5.41. The molecule has 3 fully saturated rings. The molecule has 23 heavy (non-hydrogen) atoms. The van der Waals surface area contributed by atoms with Gasteiger partial charge in [-0.05, 0) is 49.3 Å². The lowest BCUT2D eigenvalue weighted by Crippen LogP contribution is -2.61. The van der Waals surface area contributed by atoms with Gasteiger partial charge >= 0.3 is 0 Å². The molecule has 1 aromatic rings. The zero-order chi connectivity index (χ0) is 16.1. The van der Waals surface area contributed by atoms with E-state index in [0.29, 0.717) is 29.6 Å². The summed E-state index contributed by atoms with van der Waals surface area (Å²) in [5.74, 6) is 1.57. The molecule has 0 spiro atoms. The molecule has 1 aromatic carbocycles. The molecular formula is C17H19ClN2O3. The number of likely N-dealkylation sites (tertiary alicyclic amines) is 1. The van der Waals surface area contributed by atoms with E-state index in [1.807, 2.05) is 0 Å². The molecule has 0 unspecified atom stereocenters. The number of aromatic hydroxyl groups is 1. The van der Waals surface area contributed by atoms with Crippen molar-refractivity contribution in [3.63, 3.8) is 0 Å². The number of hydrogen-bond donors (Lipinski definition) is 2. The molecule has 1 aliphatic heterocycles. The molecule has 3 aliphatic rings. The van der Waals surface area contributed by atoms with Crippen molar-refractivity contribution in [2.24, 2.45) is 17.8 Å². The van der Waals surface area contributed by atoms with Crippen LogP contribution in [0.3, 0.4) is 0 Å². The van der Waals surface area contributed by atoms with Gasteiger partial charge in [-0.1, -0.05) is 11.6 Å². The fourth-order valence-electron chi connectivity index (χ4n) is 3.49. The number of rotatable bonds is 4. The average Bonchev–Trinajstić information content (AvgIpc) is 3.32. The van der Waals surface area contributed by atoms with Gasteiger partial charge in [-0.25, -0.2) is 0 Å². The molecule has 5 nitrogen and oxygen atoms in total. The summed E-state index contributed by atoms with van der Waals surface area (Å²) in [6, 6.07) is 4.38. The highest BCUT2D eigenvalue weighted by atomic mass is 35.5. The van der Waals surface area contributed by atoms with Gasteiger partial charge in [-0.3, -0.25) is 9.59 Å². The Morgan fingerprint density at radius 1 is 1.22 bits per heavy atom. The Labute approximate surface area is 139 Å².